The summed E-state index contributed by atoms with van der Waals surface area (Å²) in [5, 5.41) is 3.18. The number of morpholine rings is 1. The summed E-state index contributed by atoms with van der Waals surface area (Å²) in [6.45, 7) is 6.34. The molecule has 6 heteroatoms. The third-order valence-electron chi connectivity index (χ3n) is 5.34. The van der Waals surface area contributed by atoms with Gasteiger partial charge in [0.2, 0.25) is 5.91 Å². The number of nitrogens with one attached hydrogen (secondary N) is 2. The molecule has 2 aromatic rings. The van der Waals surface area contributed by atoms with E-state index in [1.807, 2.05) is 12.1 Å². The second-order valence-electron chi connectivity index (χ2n) is 7.48. The van der Waals surface area contributed by atoms with Gasteiger partial charge in [-0.3, -0.25) is 4.79 Å². The molecule has 1 amide bonds. The van der Waals surface area contributed by atoms with Gasteiger partial charge in [-0.2, -0.15) is 0 Å². The largest absolute Gasteiger partial charge is 0.497 e. The predicted molar refractivity (Wildman–Crippen MR) is 117 cm³/mol. The van der Waals surface area contributed by atoms with Crippen LogP contribution in [-0.2, 0) is 9.53 Å². The van der Waals surface area contributed by atoms with Gasteiger partial charge in [-0.15, -0.1) is 0 Å². The van der Waals surface area contributed by atoms with Crippen LogP contribution in [0.2, 0.25) is 0 Å². The highest BCUT2D eigenvalue weighted by atomic mass is 16.5. The number of carbonyl (C=O) groups excluding carboxylic acids is 1. The highest BCUT2D eigenvalue weighted by Gasteiger charge is 2.22. The first kappa shape index (κ1) is 21.9. The molecule has 6 nitrogen and oxygen atoms in total. The van der Waals surface area contributed by atoms with Crippen molar-refractivity contribution in [1.29, 1.82) is 0 Å². The standard InChI is InChI=1S/C24H30N2O4/c1-18-4-6-19(7-5-18)22(17-26-12-14-30-15-13-26)25-24(27)11-9-20-8-10-21(28-2)16-23(20)29-3/h4-11,16,22H,12-15,17H2,1-3H3,(H,25,27)/p+1/b11-9+/t22-/m0/s1. The van der Waals surface area contributed by atoms with Crippen molar-refractivity contribution >= 4 is 12.0 Å². The lowest BCUT2D eigenvalue weighted by atomic mass is 10.0. The smallest absolute Gasteiger partial charge is 0.244 e. The van der Waals surface area contributed by atoms with Crippen LogP contribution < -0.4 is 19.7 Å². The maximum atomic E-state index is 12.7. The Morgan fingerprint density at radius 1 is 1.13 bits per heavy atom. The zero-order chi connectivity index (χ0) is 21.3. The number of hydrogen-bond acceptors (Lipinski definition) is 4. The number of aryl methyl sites for hydroxylation is 1. The van der Waals surface area contributed by atoms with E-state index >= 15 is 0 Å². The van der Waals surface area contributed by atoms with Gasteiger partial charge in [0.1, 0.15) is 37.2 Å². The number of methoxy groups -OCH3 is 2. The molecule has 160 valence electrons. The first-order valence-electron chi connectivity index (χ1n) is 10.3. The van der Waals surface area contributed by atoms with Crippen LogP contribution in [0, 0.1) is 6.92 Å². The highest BCUT2D eigenvalue weighted by Crippen LogP contribution is 2.25. The molecular formula is C24H31N2O4+. The van der Waals surface area contributed by atoms with E-state index in [0.717, 1.165) is 44.0 Å². The lowest BCUT2D eigenvalue weighted by Gasteiger charge is -2.28. The van der Waals surface area contributed by atoms with Gasteiger partial charge in [-0.25, -0.2) is 0 Å². The van der Waals surface area contributed by atoms with E-state index in [9.17, 15) is 4.79 Å². The maximum Gasteiger partial charge on any atom is 0.244 e. The molecule has 1 fully saturated rings. The van der Waals surface area contributed by atoms with Crippen LogP contribution in [-0.4, -0.2) is 53.0 Å². The number of ether oxygens (including phenoxy) is 3. The summed E-state index contributed by atoms with van der Waals surface area (Å²) in [6, 6.07) is 13.8. The summed E-state index contributed by atoms with van der Waals surface area (Å²) >= 11 is 0. The van der Waals surface area contributed by atoms with Crippen molar-refractivity contribution in [2.24, 2.45) is 0 Å². The Morgan fingerprint density at radius 3 is 2.53 bits per heavy atom. The molecule has 2 N–H and O–H groups in total. The van der Waals surface area contributed by atoms with E-state index in [1.165, 1.54) is 10.5 Å². The van der Waals surface area contributed by atoms with Gasteiger partial charge in [0.05, 0.1) is 27.4 Å². The minimum atomic E-state index is -0.133. The molecule has 1 aliphatic rings. The molecular weight excluding hydrogens is 380 g/mol. The first-order chi connectivity index (χ1) is 14.6. The van der Waals surface area contributed by atoms with Crippen LogP contribution in [0.25, 0.3) is 6.08 Å². The molecule has 30 heavy (non-hydrogen) atoms. The van der Waals surface area contributed by atoms with E-state index in [2.05, 4.69) is 36.5 Å². The average Bonchev–Trinajstić information content (AvgIpc) is 2.78. The van der Waals surface area contributed by atoms with E-state index < -0.39 is 0 Å². The Balaban J connectivity index is 1.72. The number of rotatable bonds is 8. The second kappa shape index (κ2) is 10.8. The molecule has 0 unspecified atom stereocenters. The summed E-state index contributed by atoms with van der Waals surface area (Å²) < 4.78 is 16.1. The molecule has 0 aromatic heterocycles. The summed E-state index contributed by atoms with van der Waals surface area (Å²) in [7, 11) is 3.21. The second-order valence-corrected chi connectivity index (χ2v) is 7.48. The van der Waals surface area contributed by atoms with Crippen LogP contribution in [0.3, 0.4) is 0 Å². The molecule has 0 radical (unpaired) electrons. The Labute approximate surface area is 178 Å². The van der Waals surface area contributed by atoms with Crippen LogP contribution in [0.15, 0.2) is 48.5 Å². The lowest BCUT2D eigenvalue weighted by Crippen LogP contribution is -3.14. The quantitative estimate of drug-likeness (QED) is 0.651. The molecule has 0 saturated carbocycles. The normalized spacial score (nSPS) is 15.7. The van der Waals surface area contributed by atoms with Gasteiger partial charge in [0.15, 0.2) is 0 Å². The number of hydrogen-bond donors (Lipinski definition) is 2. The topological polar surface area (TPSA) is 61.2 Å². The monoisotopic (exact) mass is 411 g/mol. The fourth-order valence-corrected chi connectivity index (χ4v) is 3.55. The van der Waals surface area contributed by atoms with Gasteiger partial charge in [-0.1, -0.05) is 29.8 Å². The Kier molecular flexibility index (Phi) is 7.88. The zero-order valence-corrected chi connectivity index (χ0v) is 17.9. The molecule has 1 atom stereocenters. The van der Waals surface area contributed by atoms with Crippen molar-refractivity contribution in [3.05, 3.63) is 65.2 Å². The Bertz CT molecular complexity index is 858. The SMILES string of the molecule is COc1ccc(/C=C/C(=O)N[C@@H](C[NH+]2CCOCC2)c2ccc(C)cc2)c(OC)c1. The average molecular weight is 412 g/mol. The molecule has 0 spiro atoms. The highest BCUT2D eigenvalue weighted by molar-refractivity contribution is 5.92. The van der Waals surface area contributed by atoms with Crippen LogP contribution in [0.4, 0.5) is 0 Å². The van der Waals surface area contributed by atoms with Crippen LogP contribution in [0.5, 0.6) is 11.5 Å². The van der Waals surface area contributed by atoms with E-state index in [1.54, 1.807) is 32.4 Å². The van der Waals surface area contributed by atoms with Gasteiger partial charge in [0.25, 0.3) is 0 Å². The third kappa shape index (κ3) is 6.08. The molecule has 0 aliphatic carbocycles. The minimum Gasteiger partial charge on any atom is -0.497 e. The first-order valence-corrected chi connectivity index (χ1v) is 10.3. The molecule has 1 heterocycles. The summed E-state index contributed by atoms with van der Waals surface area (Å²) in [5.41, 5.74) is 3.14. The van der Waals surface area contributed by atoms with Crippen molar-refractivity contribution in [2.75, 3.05) is 47.1 Å². The fraction of sp³-hybridized carbons (Fsp3) is 0.375. The van der Waals surface area contributed by atoms with Crippen molar-refractivity contribution in [1.82, 2.24) is 5.32 Å². The van der Waals surface area contributed by atoms with Crippen molar-refractivity contribution in [2.45, 2.75) is 13.0 Å². The third-order valence-corrected chi connectivity index (χ3v) is 5.34. The van der Waals surface area contributed by atoms with Crippen LogP contribution >= 0.6 is 0 Å². The molecule has 1 aliphatic heterocycles. The summed E-state index contributed by atoms with van der Waals surface area (Å²) in [5.74, 6) is 1.23. The van der Waals surface area contributed by atoms with E-state index in [0.29, 0.717) is 11.5 Å². The minimum absolute atomic E-state index is 0.0615. The zero-order valence-electron chi connectivity index (χ0n) is 17.9. The number of benzene rings is 2. The fourth-order valence-electron chi connectivity index (χ4n) is 3.55. The number of amides is 1. The Hall–Kier alpha value is -2.83. The molecule has 2 aromatic carbocycles. The molecule has 0 bridgehead atoms. The van der Waals surface area contributed by atoms with Gasteiger partial charge in [-0.05, 0) is 30.7 Å². The maximum absolute atomic E-state index is 12.7. The van der Waals surface area contributed by atoms with Crippen molar-refractivity contribution in [3.8, 4) is 11.5 Å². The van der Waals surface area contributed by atoms with E-state index in [4.69, 9.17) is 14.2 Å². The van der Waals surface area contributed by atoms with Gasteiger partial charge in [0, 0.05) is 17.7 Å². The number of quaternary nitrogens is 1. The van der Waals surface area contributed by atoms with Gasteiger partial charge < -0.3 is 24.4 Å². The lowest BCUT2D eigenvalue weighted by molar-refractivity contribution is -0.909. The van der Waals surface area contributed by atoms with Crippen molar-refractivity contribution < 1.29 is 23.9 Å². The molecule has 3 rings (SSSR count). The predicted octanol–water partition coefficient (Wildman–Crippen LogP) is 1.80. The van der Waals surface area contributed by atoms with Crippen LogP contribution in [0.1, 0.15) is 22.7 Å². The van der Waals surface area contributed by atoms with E-state index in [-0.39, 0.29) is 11.9 Å². The van der Waals surface area contributed by atoms with Crippen molar-refractivity contribution in [3.63, 3.8) is 0 Å². The van der Waals surface area contributed by atoms with Gasteiger partial charge >= 0.3 is 0 Å². The summed E-state index contributed by atoms with van der Waals surface area (Å²) in [4.78, 5) is 14.2. The number of carbonyl (C=O) groups is 1. The molecule has 1 saturated heterocycles. The summed E-state index contributed by atoms with van der Waals surface area (Å²) in [6.07, 6.45) is 3.32. The Morgan fingerprint density at radius 2 is 1.87 bits per heavy atom.